The molecule has 0 aliphatic rings. The number of amides is 1. The van der Waals surface area contributed by atoms with Gasteiger partial charge in [-0.05, 0) is 23.8 Å². The lowest BCUT2D eigenvalue weighted by atomic mass is 10.1. The van der Waals surface area contributed by atoms with Crippen LogP contribution < -0.4 is 10.5 Å². The van der Waals surface area contributed by atoms with E-state index in [-0.39, 0.29) is 30.7 Å². The summed E-state index contributed by atoms with van der Waals surface area (Å²) in [7, 11) is 1.68. The number of hydrogen-bond acceptors (Lipinski definition) is 7. The minimum absolute atomic E-state index is 0.0254. The Kier molecular flexibility index (Phi) is 5.82. The van der Waals surface area contributed by atoms with E-state index in [1.165, 1.54) is 10.9 Å². The minimum atomic E-state index is -4.47. The predicted octanol–water partition coefficient (Wildman–Crippen LogP) is 3.16. The number of primary amides is 1. The Morgan fingerprint density at radius 1 is 1.09 bits per heavy atom. The fourth-order valence-corrected chi connectivity index (χ4v) is 3.00. The lowest BCUT2D eigenvalue weighted by Crippen LogP contribution is -2.13. The van der Waals surface area contributed by atoms with Crippen molar-refractivity contribution in [2.75, 3.05) is 0 Å². The first-order chi connectivity index (χ1) is 15.7. The molecule has 4 aromatic rings. The number of alkyl halides is 3. The third-order valence-corrected chi connectivity index (χ3v) is 4.72. The second-order valence-electron chi connectivity index (χ2n) is 7.05. The van der Waals surface area contributed by atoms with Gasteiger partial charge >= 0.3 is 6.18 Å². The van der Waals surface area contributed by atoms with Gasteiger partial charge in [0.25, 0.3) is 5.89 Å². The maximum Gasteiger partial charge on any atom is 0.417 e. The van der Waals surface area contributed by atoms with Gasteiger partial charge in [-0.2, -0.15) is 18.3 Å². The monoisotopic (exact) mass is 458 g/mol. The van der Waals surface area contributed by atoms with Crippen molar-refractivity contribution >= 4 is 5.91 Å². The van der Waals surface area contributed by atoms with E-state index in [4.69, 9.17) is 14.9 Å². The second-order valence-corrected chi connectivity index (χ2v) is 7.05. The van der Waals surface area contributed by atoms with Crippen LogP contribution in [0.2, 0.25) is 0 Å². The van der Waals surface area contributed by atoms with Crippen LogP contribution in [0.3, 0.4) is 0 Å². The number of carbonyl (C=O) groups excluding carboxylic acids is 1. The molecule has 4 rings (SSSR count). The molecule has 33 heavy (non-hydrogen) atoms. The number of carbonyl (C=O) groups is 1. The molecule has 1 amide bonds. The zero-order valence-corrected chi connectivity index (χ0v) is 17.2. The van der Waals surface area contributed by atoms with Crippen LogP contribution >= 0.6 is 0 Å². The Morgan fingerprint density at radius 3 is 2.45 bits per heavy atom. The molecule has 1 aromatic carbocycles. The van der Waals surface area contributed by atoms with Crippen molar-refractivity contribution in [3.8, 4) is 28.8 Å². The van der Waals surface area contributed by atoms with Gasteiger partial charge in [0.05, 0.1) is 29.4 Å². The number of aromatic nitrogens is 5. The molecule has 12 heteroatoms. The summed E-state index contributed by atoms with van der Waals surface area (Å²) in [5.74, 6) is 0.0482. The molecule has 0 aliphatic heterocycles. The summed E-state index contributed by atoms with van der Waals surface area (Å²) < 4.78 is 50.9. The van der Waals surface area contributed by atoms with Crippen LogP contribution in [0.1, 0.15) is 16.8 Å². The molecule has 2 N–H and O–H groups in total. The van der Waals surface area contributed by atoms with Crippen molar-refractivity contribution in [2.45, 2.75) is 19.2 Å². The third-order valence-electron chi connectivity index (χ3n) is 4.72. The highest BCUT2D eigenvalue weighted by atomic mass is 19.4. The number of nitrogens with two attached hydrogens (primary N) is 1. The number of halogens is 3. The van der Waals surface area contributed by atoms with E-state index in [0.717, 1.165) is 17.7 Å². The van der Waals surface area contributed by atoms with Gasteiger partial charge in [-0.15, -0.1) is 10.2 Å². The molecule has 0 spiro atoms. The molecule has 9 nitrogen and oxygen atoms in total. The average molecular weight is 458 g/mol. The van der Waals surface area contributed by atoms with Gasteiger partial charge in [0, 0.05) is 24.9 Å². The Bertz CT molecular complexity index is 1260. The van der Waals surface area contributed by atoms with Crippen molar-refractivity contribution in [3.63, 3.8) is 0 Å². The zero-order chi connectivity index (χ0) is 23.6. The number of hydrogen-bond donors (Lipinski definition) is 1. The van der Waals surface area contributed by atoms with E-state index in [1.54, 1.807) is 31.3 Å². The van der Waals surface area contributed by atoms with E-state index in [2.05, 4.69) is 20.3 Å². The summed E-state index contributed by atoms with van der Waals surface area (Å²) >= 11 is 0. The first kappa shape index (κ1) is 22.0. The van der Waals surface area contributed by atoms with Crippen LogP contribution in [-0.4, -0.2) is 30.9 Å². The largest absolute Gasteiger partial charge is 0.471 e. The lowest BCUT2D eigenvalue weighted by molar-refractivity contribution is -0.137. The van der Waals surface area contributed by atoms with Crippen molar-refractivity contribution in [1.82, 2.24) is 25.0 Å². The Hall–Kier alpha value is -4.22. The number of rotatable bonds is 7. The van der Waals surface area contributed by atoms with Gasteiger partial charge in [-0.3, -0.25) is 9.48 Å². The van der Waals surface area contributed by atoms with E-state index < -0.39 is 17.6 Å². The standard InChI is InChI=1S/C21H17F3N6O3/c1-30-16(11-32-18-7-6-14(9-26-18)21(22,23)24)15(10-27-30)20-29-28-19(33-20)13-4-2-12(3-5-13)8-17(25)31/h2-7,9-10H,8,11H2,1H3,(H2,25,31). The van der Waals surface area contributed by atoms with Gasteiger partial charge in [0.1, 0.15) is 6.61 Å². The Labute approximate surface area is 185 Å². The lowest BCUT2D eigenvalue weighted by Gasteiger charge is -2.09. The molecule has 3 heterocycles. The van der Waals surface area contributed by atoms with Crippen LogP contribution in [0.4, 0.5) is 13.2 Å². The number of ether oxygens (including phenoxy) is 1. The number of nitrogens with zero attached hydrogens (tertiary/aromatic N) is 5. The van der Waals surface area contributed by atoms with Crippen molar-refractivity contribution in [1.29, 1.82) is 0 Å². The average Bonchev–Trinajstić information content (AvgIpc) is 3.39. The summed E-state index contributed by atoms with van der Waals surface area (Å²) in [4.78, 5) is 14.7. The third kappa shape index (κ3) is 5.00. The molecule has 0 bridgehead atoms. The van der Waals surface area contributed by atoms with Gasteiger partial charge in [-0.25, -0.2) is 4.98 Å². The smallest absolute Gasteiger partial charge is 0.417 e. The van der Waals surface area contributed by atoms with Crippen LogP contribution in [0.5, 0.6) is 5.88 Å². The highest BCUT2D eigenvalue weighted by molar-refractivity contribution is 5.76. The number of benzene rings is 1. The SMILES string of the molecule is Cn1ncc(-c2nnc(-c3ccc(CC(N)=O)cc3)o2)c1COc1ccc(C(F)(F)F)cn1. The maximum absolute atomic E-state index is 12.7. The Morgan fingerprint density at radius 2 is 1.82 bits per heavy atom. The maximum atomic E-state index is 12.7. The van der Waals surface area contributed by atoms with Gasteiger partial charge in [0.2, 0.25) is 17.7 Å². The van der Waals surface area contributed by atoms with Crippen LogP contribution in [0.25, 0.3) is 22.9 Å². The first-order valence-corrected chi connectivity index (χ1v) is 9.59. The van der Waals surface area contributed by atoms with Crippen molar-refractivity contribution < 1.29 is 27.1 Å². The minimum Gasteiger partial charge on any atom is -0.471 e. The van der Waals surface area contributed by atoms with Crippen molar-refractivity contribution in [3.05, 3.63) is 65.6 Å². The van der Waals surface area contributed by atoms with Crippen molar-refractivity contribution in [2.24, 2.45) is 12.8 Å². The fraction of sp³-hybridized carbons (Fsp3) is 0.190. The number of aryl methyl sites for hydroxylation is 1. The summed E-state index contributed by atoms with van der Waals surface area (Å²) in [6.45, 7) is -0.0380. The fourth-order valence-electron chi connectivity index (χ4n) is 3.00. The van der Waals surface area contributed by atoms with E-state index in [9.17, 15) is 18.0 Å². The van der Waals surface area contributed by atoms with Gasteiger partial charge in [-0.1, -0.05) is 12.1 Å². The molecule has 0 radical (unpaired) electrons. The van der Waals surface area contributed by atoms with Crippen LogP contribution in [-0.2, 0) is 31.0 Å². The molecule has 0 atom stereocenters. The molecule has 0 fully saturated rings. The summed E-state index contributed by atoms with van der Waals surface area (Å²) in [6, 6.07) is 8.99. The summed E-state index contributed by atoms with van der Waals surface area (Å²) in [5, 5.41) is 12.3. The highest BCUT2D eigenvalue weighted by Gasteiger charge is 2.30. The molecule has 3 aromatic heterocycles. The topological polar surface area (TPSA) is 122 Å². The number of pyridine rings is 1. The van der Waals surface area contributed by atoms with Gasteiger partial charge < -0.3 is 14.9 Å². The Balaban J connectivity index is 1.50. The van der Waals surface area contributed by atoms with Crippen LogP contribution in [0, 0.1) is 0 Å². The molecule has 0 saturated heterocycles. The predicted molar refractivity (Wildman–Crippen MR) is 108 cm³/mol. The highest BCUT2D eigenvalue weighted by Crippen LogP contribution is 2.30. The molecule has 0 saturated carbocycles. The van der Waals surface area contributed by atoms with E-state index in [1.807, 2.05) is 0 Å². The van der Waals surface area contributed by atoms with E-state index in [0.29, 0.717) is 23.0 Å². The van der Waals surface area contributed by atoms with E-state index >= 15 is 0 Å². The van der Waals surface area contributed by atoms with Crippen LogP contribution in [0.15, 0.2) is 53.2 Å². The van der Waals surface area contributed by atoms with Gasteiger partial charge in [0.15, 0.2) is 0 Å². The molecular weight excluding hydrogens is 441 g/mol. The quantitative estimate of drug-likeness (QED) is 0.451. The molecule has 0 unspecified atom stereocenters. The summed E-state index contributed by atoms with van der Waals surface area (Å²) in [6.07, 6.45) is -2.12. The summed E-state index contributed by atoms with van der Waals surface area (Å²) in [5.41, 5.74) is 6.81. The normalized spacial score (nSPS) is 11.5. The first-order valence-electron chi connectivity index (χ1n) is 9.59. The second kappa shape index (κ2) is 8.73. The molecule has 170 valence electrons. The molecular formula is C21H17F3N6O3. The zero-order valence-electron chi connectivity index (χ0n) is 17.2. The molecule has 0 aliphatic carbocycles.